The minimum absolute atomic E-state index is 0.0412. The minimum atomic E-state index is -0.848. The molecular weight excluding hydrogens is 318 g/mol. The summed E-state index contributed by atoms with van der Waals surface area (Å²) >= 11 is 0. The van der Waals surface area contributed by atoms with Gasteiger partial charge in [-0.25, -0.2) is 0 Å². The molecule has 0 aliphatic heterocycles. The predicted molar refractivity (Wildman–Crippen MR) is 97.2 cm³/mol. The zero-order chi connectivity index (χ0) is 18.4. The summed E-state index contributed by atoms with van der Waals surface area (Å²) in [4.78, 5) is 12.2. The zero-order valence-corrected chi connectivity index (χ0v) is 14.9. The van der Waals surface area contributed by atoms with E-state index >= 15 is 0 Å². The highest BCUT2D eigenvalue weighted by Gasteiger charge is 2.14. The van der Waals surface area contributed by atoms with Crippen LogP contribution in [0.4, 0.5) is 0 Å². The number of carbonyl (C=O) groups excluding carboxylic acids is 1. The number of nitrogens with one attached hydrogen (secondary N) is 1. The number of aryl methyl sites for hydroxylation is 3. The van der Waals surface area contributed by atoms with Crippen molar-refractivity contribution in [2.75, 3.05) is 13.2 Å². The van der Waals surface area contributed by atoms with Crippen molar-refractivity contribution >= 4 is 5.91 Å². The molecule has 0 heterocycles. The number of hydrogen-bond donors (Lipinski definition) is 3. The second-order valence-electron chi connectivity index (χ2n) is 6.10. The average molecular weight is 343 g/mol. The van der Waals surface area contributed by atoms with Crippen LogP contribution in [0.3, 0.4) is 0 Å². The topological polar surface area (TPSA) is 78.8 Å². The van der Waals surface area contributed by atoms with Gasteiger partial charge in [0.2, 0.25) is 0 Å². The first-order valence-electron chi connectivity index (χ1n) is 8.39. The Balaban J connectivity index is 1.89. The van der Waals surface area contributed by atoms with Crippen LogP contribution in [0.2, 0.25) is 0 Å². The molecule has 25 heavy (non-hydrogen) atoms. The van der Waals surface area contributed by atoms with Gasteiger partial charge in [-0.2, -0.15) is 0 Å². The normalized spacial score (nSPS) is 11.8. The number of para-hydroxylation sites is 1. The number of hydrogen-bond acceptors (Lipinski definition) is 4. The summed E-state index contributed by atoms with van der Waals surface area (Å²) < 4.78 is 5.68. The Hall–Kier alpha value is -2.53. The molecule has 0 spiro atoms. The first-order valence-corrected chi connectivity index (χ1v) is 8.39. The van der Waals surface area contributed by atoms with E-state index in [4.69, 9.17) is 4.74 Å². The number of aliphatic hydroxyl groups is 1. The maximum atomic E-state index is 12.2. The molecule has 2 aromatic carbocycles. The van der Waals surface area contributed by atoms with Gasteiger partial charge >= 0.3 is 0 Å². The summed E-state index contributed by atoms with van der Waals surface area (Å²) in [5.41, 5.74) is 3.17. The number of phenols is 1. The van der Waals surface area contributed by atoms with Gasteiger partial charge in [0.05, 0.1) is 5.56 Å². The highest BCUT2D eigenvalue weighted by Crippen LogP contribution is 2.22. The predicted octanol–water partition coefficient (Wildman–Crippen LogP) is 2.74. The summed E-state index contributed by atoms with van der Waals surface area (Å²) in [5, 5.41) is 22.5. The second-order valence-corrected chi connectivity index (χ2v) is 6.10. The van der Waals surface area contributed by atoms with E-state index < -0.39 is 12.0 Å². The molecule has 5 heteroatoms. The van der Waals surface area contributed by atoms with Gasteiger partial charge in [-0.3, -0.25) is 4.79 Å². The fourth-order valence-electron chi connectivity index (χ4n) is 2.56. The van der Waals surface area contributed by atoms with Crippen LogP contribution in [0.5, 0.6) is 11.5 Å². The molecule has 3 N–H and O–H groups in total. The monoisotopic (exact) mass is 343 g/mol. The fourth-order valence-corrected chi connectivity index (χ4v) is 2.56. The molecule has 0 saturated heterocycles. The van der Waals surface area contributed by atoms with Crippen LogP contribution < -0.4 is 10.1 Å². The number of rotatable bonds is 7. The van der Waals surface area contributed by atoms with Crippen molar-refractivity contribution in [1.82, 2.24) is 5.32 Å². The molecule has 134 valence electrons. The molecule has 0 fully saturated rings. The van der Waals surface area contributed by atoms with Crippen molar-refractivity contribution in [3.63, 3.8) is 0 Å². The highest BCUT2D eigenvalue weighted by atomic mass is 16.5. The molecule has 1 amide bonds. The Morgan fingerprint density at radius 3 is 2.52 bits per heavy atom. The Labute approximate surface area is 148 Å². The number of carbonyl (C=O) groups is 1. The summed E-state index contributed by atoms with van der Waals surface area (Å²) in [5.74, 6) is 0.260. The average Bonchev–Trinajstić information content (AvgIpc) is 2.59. The minimum Gasteiger partial charge on any atom is -0.507 e. The van der Waals surface area contributed by atoms with Crippen LogP contribution in [0.15, 0.2) is 36.4 Å². The van der Waals surface area contributed by atoms with Crippen LogP contribution in [0.1, 0.15) is 34.0 Å². The lowest BCUT2D eigenvalue weighted by Crippen LogP contribution is -2.35. The first-order chi connectivity index (χ1) is 11.9. The molecule has 0 aliphatic carbocycles. The highest BCUT2D eigenvalue weighted by molar-refractivity contribution is 5.97. The zero-order valence-electron chi connectivity index (χ0n) is 14.9. The van der Waals surface area contributed by atoms with Crippen molar-refractivity contribution in [3.05, 3.63) is 58.7 Å². The number of benzene rings is 2. The van der Waals surface area contributed by atoms with E-state index in [0.717, 1.165) is 28.9 Å². The Morgan fingerprint density at radius 1 is 1.20 bits per heavy atom. The molecule has 1 unspecified atom stereocenters. The maximum absolute atomic E-state index is 12.2. The summed E-state index contributed by atoms with van der Waals surface area (Å²) in [6.45, 7) is 5.98. The molecule has 0 aliphatic rings. The number of aliphatic hydroxyl groups excluding tert-OH is 1. The van der Waals surface area contributed by atoms with Crippen molar-refractivity contribution in [2.45, 2.75) is 33.3 Å². The molecule has 2 rings (SSSR count). The van der Waals surface area contributed by atoms with Gasteiger partial charge in [0.25, 0.3) is 5.91 Å². The SMILES string of the molecule is CCc1ccc(O)c(C(=O)NCC(O)COc2c(C)cccc2C)c1. The van der Waals surface area contributed by atoms with Gasteiger partial charge in [0.15, 0.2) is 0 Å². The van der Waals surface area contributed by atoms with E-state index in [-0.39, 0.29) is 24.5 Å². The number of phenolic OH excluding ortho intramolecular Hbond substituents is 1. The van der Waals surface area contributed by atoms with Gasteiger partial charge in [-0.15, -0.1) is 0 Å². The third-order valence-corrected chi connectivity index (χ3v) is 4.04. The molecule has 2 aromatic rings. The van der Waals surface area contributed by atoms with Gasteiger partial charge in [0, 0.05) is 6.54 Å². The molecule has 0 radical (unpaired) electrons. The third-order valence-electron chi connectivity index (χ3n) is 4.04. The lowest BCUT2D eigenvalue weighted by molar-refractivity contribution is 0.0839. The van der Waals surface area contributed by atoms with Crippen molar-refractivity contribution in [2.24, 2.45) is 0 Å². The number of ether oxygens (including phenoxy) is 1. The molecular formula is C20H25NO4. The lowest BCUT2D eigenvalue weighted by atomic mass is 10.1. The molecule has 0 aromatic heterocycles. The van der Waals surface area contributed by atoms with E-state index in [0.29, 0.717) is 0 Å². The maximum Gasteiger partial charge on any atom is 0.255 e. The van der Waals surface area contributed by atoms with Gasteiger partial charge in [-0.05, 0) is 49.1 Å². The fraction of sp³-hybridized carbons (Fsp3) is 0.350. The van der Waals surface area contributed by atoms with Crippen LogP contribution in [0, 0.1) is 13.8 Å². The molecule has 0 saturated carbocycles. The molecule has 0 bridgehead atoms. The number of aromatic hydroxyl groups is 1. The lowest BCUT2D eigenvalue weighted by Gasteiger charge is -2.16. The van der Waals surface area contributed by atoms with Crippen molar-refractivity contribution < 1.29 is 19.7 Å². The van der Waals surface area contributed by atoms with E-state index in [2.05, 4.69) is 5.32 Å². The van der Waals surface area contributed by atoms with Crippen molar-refractivity contribution in [3.8, 4) is 11.5 Å². The van der Waals surface area contributed by atoms with Crippen molar-refractivity contribution in [1.29, 1.82) is 0 Å². The quantitative estimate of drug-likeness (QED) is 0.722. The Bertz CT molecular complexity index is 722. The third kappa shape index (κ3) is 4.97. The molecule has 1 atom stereocenters. The number of amides is 1. The standard InChI is InChI=1S/C20H25NO4/c1-4-15-8-9-18(23)17(10-15)20(24)21-11-16(22)12-25-19-13(2)6-5-7-14(19)3/h5-10,16,22-23H,4,11-12H2,1-3H3,(H,21,24). The van der Waals surface area contributed by atoms with E-state index in [1.165, 1.54) is 6.07 Å². The molecule has 5 nitrogen and oxygen atoms in total. The van der Waals surface area contributed by atoms with E-state index in [1.807, 2.05) is 39.0 Å². The smallest absolute Gasteiger partial charge is 0.255 e. The first kappa shape index (κ1) is 18.8. The van der Waals surface area contributed by atoms with Gasteiger partial charge in [0.1, 0.15) is 24.2 Å². The largest absolute Gasteiger partial charge is 0.507 e. The summed E-state index contributed by atoms with van der Waals surface area (Å²) in [7, 11) is 0. The van der Waals surface area contributed by atoms with Crippen LogP contribution in [-0.2, 0) is 6.42 Å². The van der Waals surface area contributed by atoms with Crippen LogP contribution >= 0.6 is 0 Å². The van der Waals surface area contributed by atoms with Gasteiger partial charge in [-0.1, -0.05) is 31.2 Å². The Morgan fingerprint density at radius 2 is 1.88 bits per heavy atom. The van der Waals surface area contributed by atoms with E-state index in [9.17, 15) is 15.0 Å². The second kappa shape index (κ2) is 8.53. The van der Waals surface area contributed by atoms with Gasteiger partial charge < -0.3 is 20.3 Å². The summed E-state index contributed by atoms with van der Waals surface area (Å²) in [6, 6.07) is 10.8. The Kier molecular flexibility index (Phi) is 6.42. The summed E-state index contributed by atoms with van der Waals surface area (Å²) in [6.07, 6.45) is -0.0771. The van der Waals surface area contributed by atoms with Crippen LogP contribution in [0.25, 0.3) is 0 Å². The van der Waals surface area contributed by atoms with E-state index in [1.54, 1.807) is 12.1 Å². The van der Waals surface area contributed by atoms with Crippen LogP contribution in [-0.4, -0.2) is 35.4 Å².